The van der Waals surface area contributed by atoms with E-state index in [1.165, 1.54) is 65.1 Å². The van der Waals surface area contributed by atoms with Crippen molar-refractivity contribution in [2.45, 2.75) is 38.0 Å². The first-order valence-corrected chi connectivity index (χ1v) is 21.3. The van der Waals surface area contributed by atoms with Crippen LogP contribution < -0.4 is 4.90 Å². The predicted molar refractivity (Wildman–Crippen MR) is 249 cm³/mol. The summed E-state index contributed by atoms with van der Waals surface area (Å²) in [5.74, 6) is 0.538. The molecule has 0 bridgehead atoms. The summed E-state index contributed by atoms with van der Waals surface area (Å²) in [5.41, 5.74) is 15.1. The van der Waals surface area contributed by atoms with Crippen molar-refractivity contribution in [1.82, 2.24) is 4.57 Å². The molecule has 1 aliphatic rings. The van der Waals surface area contributed by atoms with Gasteiger partial charge in [-0.3, -0.25) is 4.57 Å². The zero-order chi connectivity index (χ0) is 39.6. The number of hydrogen-bond donors (Lipinski definition) is 0. The van der Waals surface area contributed by atoms with Crippen molar-refractivity contribution in [2.24, 2.45) is 0 Å². The number of furan rings is 2. The fourth-order valence-electron chi connectivity index (χ4n) is 9.99. The molecule has 0 spiro atoms. The number of benzene rings is 8. The monoisotopic (exact) mass is 774 g/mol. The summed E-state index contributed by atoms with van der Waals surface area (Å²) in [6.45, 7) is 0. The van der Waals surface area contributed by atoms with Gasteiger partial charge in [0.15, 0.2) is 5.58 Å². The van der Waals surface area contributed by atoms with Gasteiger partial charge in [0.05, 0.1) is 16.6 Å². The first kappa shape index (κ1) is 34.7. The lowest BCUT2D eigenvalue weighted by atomic mass is 9.83. The number of hydrogen-bond acceptors (Lipinski definition) is 3. The summed E-state index contributed by atoms with van der Waals surface area (Å²) in [7, 11) is 0. The second-order valence-electron chi connectivity index (χ2n) is 16.3. The van der Waals surface area contributed by atoms with Gasteiger partial charge >= 0.3 is 0 Å². The highest BCUT2D eigenvalue weighted by molar-refractivity contribution is 6.24. The molecule has 1 saturated carbocycles. The van der Waals surface area contributed by atoms with Crippen molar-refractivity contribution in [3.05, 3.63) is 194 Å². The zero-order valence-electron chi connectivity index (χ0n) is 33.2. The fourth-order valence-corrected chi connectivity index (χ4v) is 9.99. The van der Waals surface area contributed by atoms with E-state index < -0.39 is 0 Å². The van der Waals surface area contributed by atoms with Crippen LogP contribution >= 0.6 is 0 Å². The van der Waals surface area contributed by atoms with E-state index in [0.717, 1.165) is 72.5 Å². The van der Waals surface area contributed by atoms with Crippen LogP contribution in [-0.4, -0.2) is 4.57 Å². The van der Waals surface area contributed by atoms with Gasteiger partial charge < -0.3 is 13.7 Å². The van der Waals surface area contributed by atoms with Crippen LogP contribution in [0.25, 0.3) is 82.9 Å². The quantitative estimate of drug-likeness (QED) is 0.162. The van der Waals surface area contributed by atoms with Crippen molar-refractivity contribution >= 4 is 72.0 Å². The van der Waals surface area contributed by atoms with E-state index in [-0.39, 0.29) is 0 Å². The Hall–Kier alpha value is -7.30. The molecule has 1 aliphatic carbocycles. The van der Waals surface area contributed by atoms with Crippen LogP contribution in [0.15, 0.2) is 197 Å². The maximum atomic E-state index is 7.08. The molecule has 288 valence electrons. The minimum Gasteiger partial charge on any atom is -0.454 e. The molecule has 12 rings (SSSR count). The first-order chi connectivity index (χ1) is 29.8. The Balaban J connectivity index is 1.03. The van der Waals surface area contributed by atoms with Crippen molar-refractivity contribution in [1.29, 1.82) is 0 Å². The Morgan fingerprint density at radius 3 is 1.83 bits per heavy atom. The third-order valence-corrected chi connectivity index (χ3v) is 12.8. The van der Waals surface area contributed by atoms with Gasteiger partial charge in [-0.05, 0) is 101 Å². The third-order valence-electron chi connectivity index (χ3n) is 12.8. The summed E-state index contributed by atoms with van der Waals surface area (Å²) < 4.78 is 16.0. The van der Waals surface area contributed by atoms with E-state index in [1.54, 1.807) is 0 Å². The van der Waals surface area contributed by atoms with Gasteiger partial charge in [-0.15, -0.1) is 0 Å². The van der Waals surface area contributed by atoms with Crippen LogP contribution in [0, 0.1) is 0 Å². The minimum absolute atomic E-state index is 0.538. The standard InChI is InChI=1S/C56H42N2O2/c1-4-15-37(16-5-1)38-29-33-42(34-30-38)57(50-27-14-25-47-46-24-12-23-45(54(46)60-55(47)50)39-17-6-2-7-18-39)43-35-31-40(32-36-43)44-22-13-26-49-52(44)53-48-21-10-11-28-51(48)59-56(53)58(49)41-19-8-3-9-20-41/h1,3-5,8-16,19-36,39H,2,6-7,17-18H2. The summed E-state index contributed by atoms with van der Waals surface area (Å²) in [5, 5.41) is 5.77. The van der Waals surface area contributed by atoms with Crippen LogP contribution in [0.4, 0.5) is 17.1 Å². The Labute approximate surface area is 348 Å². The Morgan fingerprint density at radius 2 is 1.07 bits per heavy atom. The van der Waals surface area contributed by atoms with Crippen LogP contribution in [-0.2, 0) is 0 Å². The summed E-state index contributed by atoms with van der Waals surface area (Å²) >= 11 is 0. The minimum atomic E-state index is 0.538. The molecule has 8 aromatic carbocycles. The molecule has 4 heteroatoms. The van der Waals surface area contributed by atoms with Gasteiger partial charge in [0.25, 0.3) is 0 Å². The number of fused-ring (bicyclic) bond motifs is 8. The van der Waals surface area contributed by atoms with E-state index >= 15 is 0 Å². The number of anilines is 3. The fraction of sp³-hybridized carbons (Fsp3) is 0.107. The predicted octanol–water partition coefficient (Wildman–Crippen LogP) is 16.3. The molecule has 0 aliphatic heterocycles. The third kappa shape index (κ3) is 5.59. The molecule has 0 N–H and O–H groups in total. The van der Waals surface area contributed by atoms with E-state index in [9.17, 15) is 0 Å². The Bertz CT molecular complexity index is 3330. The van der Waals surface area contributed by atoms with E-state index in [1.807, 2.05) is 6.07 Å². The number of para-hydroxylation sites is 4. The molecule has 11 aromatic rings. The lowest BCUT2D eigenvalue weighted by Gasteiger charge is -2.26. The molecule has 1 fully saturated rings. The molecular weight excluding hydrogens is 733 g/mol. The normalized spacial score (nSPS) is 13.6. The van der Waals surface area contributed by atoms with Gasteiger partial charge in [-0.1, -0.05) is 153 Å². The maximum Gasteiger partial charge on any atom is 0.213 e. The average Bonchev–Trinajstić information content (AvgIpc) is 4.00. The lowest BCUT2D eigenvalue weighted by Crippen LogP contribution is -2.10. The molecular formula is C56H42N2O2. The van der Waals surface area contributed by atoms with E-state index in [2.05, 4.69) is 191 Å². The van der Waals surface area contributed by atoms with Crippen molar-refractivity contribution < 1.29 is 8.83 Å². The van der Waals surface area contributed by atoms with Gasteiger partial charge in [-0.2, -0.15) is 0 Å². The lowest BCUT2D eigenvalue weighted by molar-refractivity contribution is 0.442. The highest BCUT2D eigenvalue weighted by Gasteiger charge is 2.25. The second-order valence-corrected chi connectivity index (χ2v) is 16.3. The average molecular weight is 775 g/mol. The molecule has 3 aromatic heterocycles. The highest BCUT2D eigenvalue weighted by Crippen LogP contribution is 2.47. The Morgan fingerprint density at radius 1 is 0.450 bits per heavy atom. The summed E-state index contributed by atoms with van der Waals surface area (Å²) in [4.78, 5) is 2.36. The van der Waals surface area contributed by atoms with Gasteiger partial charge in [0.1, 0.15) is 11.2 Å². The smallest absolute Gasteiger partial charge is 0.213 e. The van der Waals surface area contributed by atoms with Gasteiger partial charge in [0.2, 0.25) is 5.71 Å². The molecule has 0 radical (unpaired) electrons. The van der Waals surface area contributed by atoms with Crippen LogP contribution in [0.2, 0.25) is 0 Å². The molecule has 0 atom stereocenters. The number of aromatic nitrogens is 1. The molecule has 60 heavy (non-hydrogen) atoms. The zero-order valence-corrected chi connectivity index (χ0v) is 33.2. The molecule has 0 saturated heterocycles. The maximum absolute atomic E-state index is 7.08. The second kappa shape index (κ2) is 14.2. The van der Waals surface area contributed by atoms with E-state index in [0.29, 0.717) is 5.92 Å². The number of nitrogens with zero attached hydrogens (tertiary/aromatic N) is 2. The van der Waals surface area contributed by atoms with Gasteiger partial charge in [0, 0.05) is 38.6 Å². The molecule has 4 nitrogen and oxygen atoms in total. The number of rotatable bonds is 7. The van der Waals surface area contributed by atoms with Crippen LogP contribution in [0.1, 0.15) is 43.6 Å². The first-order valence-electron chi connectivity index (χ1n) is 21.3. The molecule has 0 unspecified atom stereocenters. The summed E-state index contributed by atoms with van der Waals surface area (Å²) in [6.07, 6.45) is 6.34. The van der Waals surface area contributed by atoms with E-state index in [4.69, 9.17) is 8.83 Å². The Kier molecular flexibility index (Phi) is 8.22. The molecule has 0 amide bonds. The van der Waals surface area contributed by atoms with Crippen molar-refractivity contribution in [3.63, 3.8) is 0 Å². The SMILES string of the molecule is c1ccc(-c2ccc(N(c3ccc(-c4cccc5c4c4c6ccccc6oc4n5-c4ccccc4)cc3)c3cccc4c3oc3c(C5CCCCC5)cccc34)cc2)cc1. The molecule has 3 heterocycles. The van der Waals surface area contributed by atoms with Crippen LogP contribution in [0.5, 0.6) is 0 Å². The largest absolute Gasteiger partial charge is 0.454 e. The van der Waals surface area contributed by atoms with Crippen LogP contribution in [0.3, 0.4) is 0 Å². The van der Waals surface area contributed by atoms with Crippen molar-refractivity contribution in [2.75, 3.05) is 4.90 Å². The van der Waals surface area contributed by atoms with Crippen molar-refractivity contribution in [3.8, 4) is 27.9 Å². The van der Waals surface area contributed by atoms with Gasteiger partial charge in [-0.25, -0.2) is 0 Å². The summed E-state index contributed by atoms with van der Waals surface area (Å²) in [6, 6.07) is 67.4. The highest BCUT2D eigenvalue weighted by atomic mass is 16.3. The topological polar surface area (TPSA) is 34.5 Å².